The van der Waals surface area contributed by atoms with Crippen LogP contribution in [-0.4, -0.2) is 20.5 Å². The quantitative estimate of drug-likeness (QED) is 0.833. The molecule has 0 aromatic carbocycles. The van der Waals surface area contributed by atoms with Gasteiger partial charge >= 0.3 is 0 Å². The molecule has 2 heterocycles. The molecule has 0 fully saturated rings. The van der Waals surface area contributed by atoms with Gasteiger partial charge in [0.25, 0.3) is 0 Å². The molecule has 0 aliphatic carbocycles. The predicted molar refractivity (Wildman–Crippen MR) is 71.9 cm³/mol. The van der Waals surface area contributed by atoms with E-state index in [1.165, 1.54) is 0 Å². The maximum Gasteiger partial charge on any atom is 0.145 e. The van der Waals surface area contributed by atoms with Gasteiger partial charge in [-0.05, 0) is 26.8 Å². The number of Topliss-reactive ketones (excluding diaryl/α,β-unsaturated/α-hetero) is 1. The van der Waals surface area contributed by atoms with Crippen LogP contribution >= 0.6 is 11.3 Å². The Hall–Kier alpha value is -1.49. The normalized spacial score (nSPS) is 11.1. The van der Waals surface area contributed by atoms with Gasteiger partial charge in [0.15, 0.2) is 0 Å². The molecule has 2 aromatic heterocycles. The molecule has 96 valence electrons. The lowest BCUT2D eigenvalue weighted by Crippen LogP contribution is -2.08. The first-order chi connectivity index (χ1) is 8.54. The first kappa shape index (κ1) is 13.0. The van der Waals surface area contributed by atoms with Crippen LogP contribution in [0.4, 0.5) is 0 Å². The van der Waals surface area contributed by atoms with Gasteiger partial charge in [0.2, 0.25) is 0 Å². The molecule has 0 N–H and O–H groups in total. The summed E-state index contributed by atoms with van der Waals surface area (Å²) in [5.74, 6) is 0.165. The van der Waals surface area contributed by atoms with Gasteiger partial charge in [-0.3, -0.25) is 9.48 Å². The maximum atomic E-state index is 11.9. The van der Waals surface area contributed by atoms with Crippen molar-refractivity contribution in [3.8, 4) is 0 Å². The molecule has 0 aliphatic heterocycles. The Kier molecular flexibility index (Phi) is 3.91. The zero-order valence-corrected chi connectivity index (χ0v) is 11.7. The van der Waals surface area contributed by atoms with Crippen molar-refractivity contribution in [2.75, 3.05) is 0 Å². The molecule has 0 unspecified atom stereocenters. The molecule has 0 radical (unpaired) electrons. The van der Waals surface area contributed by atoms with Crippen molar-refractivity contribution in [3.05, 3.63) is 34.0 Å². The molecule has 2 rings (SSSR count). The van der Waals surface area contributed by atoms with Crippen LogP contribution in [0.2, 0.25) is 0 Å². The van der Waals surface area contributed by atoms with Crippen LogP contribution in [0.15, 0.2) is 17.6 Å². The van der Waals surface area contributed by atoms with Crippen LogP contribution in [0.25, 0.3) is 0 Å². The predicted octanol–water partition coefficient (Wildman–Crippen LogP) is 2.58. The number of carbonyl (C=O) groups is 1. The van der Waals surface area contributed by atoms with Crippen LogP contribution in [0.3, 0.4) is 0 Å². The zero-order valence-electron chi connectivity index (χ0n) is 10.9. The highest BCUT2D eigenvalue weighted by Crippen LogP contribution is 2.11. The zero-order chi connectivity index (χ0) is 13.1. The molecule has 0 spiro atoms. The minimum atomic E-state index is 0.165. The Morgan fingerprint density at radius 1 is 1.44 bits per heavy atom. The van der Waals surface area contributed by atoms with Crippen molar-refractivity contribution in [2.45, 2.75) is 39.7 Å². The Morgan fingerprint density at radius 2 is 2.22 bits per heavy atom. The van der Waals surface area contributed by atoms with E-state index in [4.69, 9.17) is 0 Å². The molecule has 18 heavy (non-hydrogen) atoms. The Balaban J connectivity index is 1.94. The largest absolute Gasteiger partial charge is 0.299 e. The summed E-state index contributed by atoms with van der Waals surface area (Å²) in [5.41, 5.74) is 1.81. The van der Waals surface area contributed by atoms with Crippen molar-refractivity contribution in [2.24, 2.45) is 0 Å². The van der Waals surface area contributed by atoms with Gasteiger partial charge in [0, 0.05) is 23.3 Å². The molecular formula is C13H17N3OS. The van der Waals surface area contributed by atoms with Crippen LogP contribution in [0, 0.1) is 6.92 Å². The smallest absolute Gasteiger partial charge is 0.145 e. The number of thiazole rings is 1. The van der Waals surface area contributed by atoms with E-state index in [2.05, 4.69) is 23.9 Å². The van der Waals surface area contributed by atoms with Crippen LogP contribution in [-0.2, 0) is 17.6 Å². The Labute approximate surface area is 111 Å². The van der Waals surface area contributed by atoms with E-state index in [9.17, 15) is 4.79 Å². The fourth-order valence-electron chi connectivity index (χ4n) is 1.68. The number of nitrogens with zero attached hydrogens (tertiary/aromatic N) is 3. The van der Waals surface area contributed by atoms with Crippen LogP contribution < -0.4 is 0 Å². The van der Waals surface area contributed by atoms with E-state index in [1.54, 1.807) is 11.3 Å². The summed E-state index contributed by atoms with van der Waals surface area (Å²) in [4.78, 5) is 16.2. The molecule has 0 saturated carbocycles. The van der Waals surface area contributed by atoms with Gasteiger partial charge in [-0.15, -0.1) is 11.3 Å². The molecule has 0 aliphatic rings. The fourth-order valence-corrected chi connectivity index (χ4v) is 2.48. The molecular weight excluding hydrogens is 246 g/mol. The summed E-state index contributed by atoms with van der Waals surface area (Å²) < 4.78 is 1.87. The SMILES string of the molecule is Cc1csc(CC(=O)Cc2ccn(C(C)C)n2)n1. The van der Waals surface area contributed by atoms with Crippen molar-refractivity contribution in [1.29, 1.82) is 0 Å². The maximum absolute atomic E-state index is 11.9. The number of rotatable bonds is 5. The standard InChI is InChI=1S/C13H17N3OS/c1-9(2)16-5-4-11(15-16)6-12(17)7-13-14-10(3)8-18-13/h4-5,8-9H,6-7H2,1-3H3. The van der Waals surface area contributed by atoms with E-state index in [0.29, 0.717) is 18.9 Å². The first-order valence-electron chi connectivity index (χ1n) is 6.01. The topological polar surface area (TPSA) is 47.8 Å². The minimum absolute atomic E-state index is 0.165. The molecule has 5 heteroatoms. The number of ketones is 1. The van der Waals surface area contributed by atoms with Crippen molar-refractivity contribution in [1.82, 2.24) is 14.8 Å². The van der Waals surface area contributed by atoms with Gasteiger partial charge in [-0.2, -0.15) is 5.10 Å². The molecule has 2 aromatic rings. The van der Waals surface area contributed by atoms with Crippen molar-refractivity contribution >= 4 is 17.1 Å². The summed E-state index contributed by atoms with van der Waals surface area (Å²) in [6, 6.07) is 2.24. The van der Waals surface area contributed by atoms with Gasteiger partial charge in [0.05, 0.1) is 18.5 Å². The molecule has 0 bridgehead atoms. The van der Waals surface area contributed by atoms with Crippen LogP contribution in [0.5, 0.6) is 0 Å². The molecule has 0 saturated heterocycles. The second kappa shape index (κ2) is 5.44. The third-order valence-electron chi connectivity index (χ3n) is 2.59. The van der Waals surface area contributed by atoms with E-state index < -0.39 is 0 Å². The van der Waals surface area contributed by atoms with E-state index in [-0.39, 0.29) is 5.78 Å². The second-order valence-electron chi connectivity index (χ2n) is 4.66. The number of aryl methyl sites for hydroxylation is 1. The lowest BCUT2D eigenvalue weighted by atomic mass is 10.2. The third kappa shape index (κ3) is 3.26. The third-order valence-corrected chi connectivity index (χ3v) is 3.55. The minimum Gasteiger partial charge on any atom is -0.299 e. The highest BCUT2D eigenvalue weighted by Gasteiger charge is 2.10. The molecule has 0 amide bonds. The number of aromatic nitrogens is 3. The van der Waals surface area contributed by atoms with Crippen molar-refractivity contribution in [3.63, 3.8) is 0 Å². The van der Waals surface area contributed by atoms with Gasteiger partial charge in [-0.1, -0.05) is 0 Å². The highest BCUT2D eigenvalue weighted by molar-refractivity contribution is 7.09. The number of hydrogen-bond donors (Lipinski definition) is 0. The first-order valence-corrected chi connectivity index (χ1v) is 6.89. The summed E-state index contributed by atoms with van der Waals surface area (Å²) in [6.07, 6.45) is 2.71. The van der Waals surface area contributed by atoms with Crippen LogP contribution in [0.1, 0.15) is 36.3 Å². The van der Waals surface area contributed by atoms with Gasteiger partial charge in [0.1, 0.15) is 10.8 Å². The summed E-state index contributed by atoms with van der Waals surface area (Å²) >= 11 is 1.54. The Bertz CT molecular complexity index is 542. The summed E-state index contributed by atoms with van der Waals surface area (Å²) in [6.45, 7) is 6.07. The number of carbonyl (C=O) groups excluding carboxylic acids is 1. The molecule has 4 nitrogen and oxygen atoms in total. The summed E-state index contributed by atoms with van der Waals surface area (Å²) in [5, 5.41) is 7.23. The van der Waals surface area contributed by atoms with E-state index >= 15 is 0 Å². The van der Waals surface area contributed by atoms with E-state index in [1.807, 2.05) is 29.2 Å². The average Bonchev–Trinajstić information content (AvgIpc) is 2.88. The number of hydrogen-bond acceptors (Lipinski definition) is 4. The lowest BCUT2D eigenvalue weighted by Gasteiger charge is -2.03. The molecule has 0 atom stereocenters. The summed E-state index contributed by atoms with van der Waals surface area (Å²) in [7, 11) is 0. The highest BCUT2D eigenvalue weighted by atomic mass is 32.1. The fraction of sp³-hybridized carbons (Fsp3) is 0.462. The van der Waals surface area contributed by atoms with E-state index in [0.717, 1.165) is 16.4 Å². The van der Waals surface area contributed by atoms with Gasteiger partial charge < -0.3 is 0 Å². The average molecular weight is 263 g/mol. The second-order valence-corrected chi connectivity index (χ2v) is 5.60. The monoisotopic (exact) mass is 263 g/mol. The Morgan fingerprint density at radius 3 is 2.78 bits per heavy atom. The van der Waals surface area contributed by atoms with Crippen molar-refractivity contribution < 1.29 is 4.79 Å². The van der Waals surface area contributed by atoms with Gasteiger partial charge in [-0.25, -0.2) is 4.98 Å². The lowest BCUT2D eigenvalue weighted by molar-refractivity contribution is -0.117.